The standard InChI is InChI=1S/C14H22N2O4S/c1-19-13-6-12(7-14(8-13)20-2)16-21(17,18)10-11-4-3-5-15-9-11/h6-8,11,15-16H,3-5,9-10H2,1-2H3. The van der Waals surface area contributed by atoms with Gasteiger partial charge in [-0.3, -0.25) is 4.72 Å². The molecule has 0 bridgehead atoms. The summed E-state index contributed by atoms with van der Waals surface area (Å²) < 4.78 is 37.4. The third-order valence-electron chi connectivity index (χ3n) is 3.48. The number of benzene rings is 1. The van der Waals surface area contributed by atoms with Crippen molar-refractivity contribution >= 4 is 15.7 Å². The fourth-order valence-corrected chi connectivity index (χ4v) is 3.93. The fraction of sp³-hybridized carbons (Fsp3) is 0.571. The van der Waals surface area contributed by atoms with Crippen molar-refractivity contribution in [1.82, 2.24) is 5.32 Å². The number of sulfonamides is 1. The van der Waals surface area contributed by atoms with E-state index in [2.05, 4.69) is 10.0 Å². The zero-order valence-electron chi connectivity index (χ0n) is 12.4. The average Bonchev–Trinajstić information content (AvgIpc) is 2.46. The highest BCUT2D eigenvalue weighted by molar-refractivity contribution is 7.92. The zero-order chi connectivity index (χ0) is 15.3. The van der Waals surface area contributed by atoms with Crippen molar-refractivity contribution in [3.63, 3.8) is 0 Å². The van der Waals surface area contributed by atoms with Crippen LogP contribution in [0.15, 0.2) is 18.2 Å². The molecule has 6 nitrogen and oxygen atoms in total. The molecule has 0 saturated carbocycles. The Morgan fingerprint density at radius 2 is 1.90 bits per heavy atom. The Balaban J connectivity index is 2.08. The Morgan fingerprint density at radius 1 is 1.24 bits per heavy atom. The summed E-state index contributed by atoms with van der Waals surface area (Å²) in [5.74, 6) is 1.38. The molecule has 1 aliphatic heterocycles. The van der Waals surface area contributed by atoms with Crippen LogP contribution in [-0.4, -0.2) is 41.5 Å². The smallest absolute Gasteiger partial charge is 0.233 e. The van der Waals surface area contributed by atoms with Crippen LogP contribution in [0.3, 0.4) is 0 Å². The van der Waals surface area contributed by atoms with Gasteiger partial charge in [-0.1, -0.05) is 0 Å². The van der Waals surface area contributed by atoms with Gasteiger partial charge in [0.1, 0.15) is 11.5 Å². The molecule has 0 aliphatic carbocycles. The molecule has 21 heavy (non-hydrogen) atoms. The van der Waals surface area contributed by atoms with Crippen LogP contribution in [0, 0.1) is 5.92 Å². The van der Waals surface area contributed by atoms with Crippen molar-refractivity contribution in [2.45, 2.75) is 12.8 Å². The quantitative estimate of drug-likeness (QED) is 0.831. The highest BCUT2D eigenvalue weighted by atomic mass is 32.2. The van der Waals surface area contributed by atoms with Gasteiger partial charge in [0.2, 0.25) is 10.0 Å². The van der Waals surface area contributed by atoms with Gasteiger partial charge in [0.25, 0.3) is 0 Å². The molecule has 1 unspecified atom stereocenters. The van der Waals surface area contributed by atoms with E-state index < -0.39 is 10.0 Å². The lowest BCUT2D eigenvalue weighted by Crippen LogP contribution is -2.35. The minimum absolute atomic E-state index is 0.125. The molecule has 118 valence electrons. The number of piperidine rings is 1. The fourth-order valence-electron chi connectivity index (χ4n) is 2.46. The summed E-state index contributed by atoms with van der Waals surface area (Å²) >= 11 is 0. The van der Waals surface area contributed by atoms with Crippen molar-refractivity contribution < 1.29 is 17.9 Å². The van der Waals surface area contributed by atoms with Crippen LogP contribution >= 0.6 is 0 Å². The van der Waals surface area contributed by atoms with Gasteiger partial charge in [0.05, 0.1) is 25.7 Å². The Bertz CT molecular complexity index is 546. The molecule has 0 radical (unpaired) electrons. The second kappa shape index (κ2) is 7.00. The summed E-state index contributed by atoms with van der Waals surface area (Å²) in [4.78, 5) is 0. The lowest BCUT2D eigenvalue weighted by atomic mass is 10.0. The van der Waals surface area contributed by atoms with E-state index in [-0.39, 0.29) is 11.7 Å². The minimum atomic E-state index is -3.39. The normalized spacial score (nSPS) is 19.0. The SMILES string of the molecule is COc1cc(NS(=O)(=O)CC2CCCNC2)cc(OC)c1. The second-order valence-electron chi connectivity index (χ2n) is 5.20. The number of rotatable bonds is 6. The van der Waals surface area contributed by atoms with E-state index in [4.69, 9.17) is 9.47 Å². The van der Waals surface area contributed by atoms with Crippen molar-refractivity contribution in [2.75, 3.05) is 37.8 Å². The maximum atomic E-state index is 12.2. The number of hydrogen-bond acceptors (Lipinski definition) is 5. The van der Waals surface area contributed by atoms with Crippen LogP contribution in [0.2, 0.25) is 0 Å². The maximum Gasteiger partial charge on any atom is 0.233 e. The van der Waals surface area contributed by atoms with E-state index in [0.717, 1.165) is 25.9 Å². The lowest BCUT2D eigenvalue weighted by molar-refractivity contribution is 0.395. The molecular formula is C14H22N2O4S. The number of methoxy groups -OCH3 is 2. The van der Waals surface area contributed by atoms with Gasteiger partial charge in [-0.05, 0) is 31.8 Å². The van der Waals surface area contributed by atoms with E-state index in [1.54, 1.807) is 18.2 Å². The van der Waals surface area contributed by atoms with Crippen molar-refractivity contribution in [3.05, 3.63) is 18.2 Å². The molecule has 1 aliphatic rings. The van der Waals surface area contributed by atoms with Gasteiger partial charge in [-0.2, -0.15) is 0 Å². The number of hydrogen-bond donors (Lipinski definition) is 2. The van der Waals surface area contributed by atoms with E-state index in [0.29, 0.717) is 17.2 Å². The van der Waals surface area contributed by atoms with Crippen LogP contribution in [0.5, 0.6) is 11.5 Å². The molecule has 1 atom stereocenters. The molecule has 1 aromatic carbocycles. The van der Waals surface area contributed by atoms with Gasteiger partial charge in [-0.25, -0.2) is 8.42 Å². The Labute approximate surface area is 125 Å². The molecule has 0 spiro atoms. The Kier molecular flexibility index (Phi) is 5.30. The Morgan fingerprint density at radius 3 is 2.43 bits per heavy atom. The summed E-state index contributed by atoms with van der Waals surface area (Å²) in [7, 11) is -0.328. The molecule has 7 heteroatoms. The predicted octanol–water partition coefficient (Wildman–Crippen LogP) is 1.45. The van der Waals surface area contributed by atoms with Crippen molar-refractivity contribution in [1.29, 1.82) is 0 Å². The molecule has 0 amide bonds. The number of ether oxygens (including phenoxy) is 2. The number of anilines is 1. The van der Waals surface area contributed by atoms with Crippen LogP contribution in [0.25, 0.3) is 0 Å². The lowest BCUT2D eigenvalue weighted by Gasteiger charge is -2.22. The van der Waals surface area contributed by atoms with Crippen LogP contribution in [0.1, 0.15) is 12.8 Å². The summed E-state index contributed by atoms with van der Waals surface area (Å²) in [6, 6.07) is 4.97. The molecular weight excluding hydrogens is 292 g/mol. The zero-order valence-corrected chi connectivity index (χ0v) is 13.2. The van der Waals surface area contributed by atoms with Crippen LogP contribution in [-0.2, 0) is 10.0 Å². The third-order valence-corrected chi connectivity index (χ3v) is 4.94. The Hall–Kier alpha value is -1.47. The number of nitrogens with one attached hydrogen (secondary N) is 2. The minimum Gasteiger partial charge on any atom is -0.497 e. The third kappa shape index (κ3) is 4.78. The predicted molar refractivity (Wildman–Crippen MR) is 82.5 cm³/mol. The van der Waals surface area contributed by atoms with Crippen LogP contribution in [0.4, 0.5) is 5.69 Å². The second-order valence-corrected chi connectivity index (χ2v) is 6.96. The van der Waals surface area contributed by atoms with Crippen LogP contribution < -0.4 is 19.5 Å². The van der Waals surface area contributed by atoms with Gasteiger partial charge in [-0.15, -0.1) is 0 Å². The van der Waals surface area contributed by atoms with E-state index in [9.17, 15) is 8.42 Å². The average molecular weight is 314 g/mol. The highest BCUT2D eigenvalue weighted by Crippen LogP contribution is 2.26. The topological polar surface area (TPSA) is 76.7 Å². The first kappa shape index (κ1) is 15.9. The van der Waals surface area contributed by atoms with Crippen molar-refractivity contribution in [2.24, 2.45) is 5.92 Å². The monoisotopic (exact) mass is 314 g/mol. The van der Waals surface area contributed by atoms with E-state index >= 15 is 0 Å². The van der Waals surface area contributed by atoms with E-state index in [1.165, 1.54) is 14.2 Å². The first-order valence-electron chi connectivity index (χ1n) is 6.96. The molecule has 1 heterocycles. The largest absolute Gasteiger partial charge is 0.497 e. The molecule has 2 rings (SSSR count). The van der Waals surface area contributed by atoms with E-state index in [1.807, 2.05) is 0 Å². The molecule has 1 saturated heterocycles. The molecule has 1 aromatic rings. The first-order chi connectivity index (χ1) is 10.0. The van der Waals surface area contributed by atoms with Gasteiger partial charge >= 0.3 is 0 Å². The maximum absolute atomic E-state index is 12.2. The first-order valence-corrected chi connectivity index (χ1v) is 8.62. The van der Waals surface area contributed by atoms with Crippen molar-refractivity contribution in [3.8, 4) is 11.5 Å². The van der Waals surface area contributed by atoms with Gasteiger partial charge < -0.3 is 14.8 Å². The molecule has 1 fully saturated rings. The summed E-state index contributed by atoms with van der Waals surface area (Å²) in [5, 5.41) is 3.23. The van der Waals surface area contributed by atoms with Gasteiger partial charge in [0, 0.05) is 18.2 Å². The highest BCUT2D eigenvalue weighted by Gasteiger charge is 2.21. The summed E-state index contributed by atoms with van der Waals surface area (Å²) in [5.41, 5.74) is 0.454. The molecule has 0 aromatic heterocycles. The van der Waals surface area contributed by atoms with Gasteiger partial charge in [0.15, 0.2) is 0 Å². The summed E-state index contributed by atoms with van der Waals surface area (Å²) in [6.07, 6.45) is 1.96. The summed E-state index contributed by atoms with van der Waals surface area (Å²) in [6.45, 7) is 1.72. The molecule has 2 N–H and O–H groups in total.